The number of nitrogens with one attached hydrogen (secondary N) is 3. The molecule has 43 heteroatoms. The van der Waals surface area contributed by atoms with Crippen LogP contribution < -0.4 is 38.7 Å². The number of hydrogen-bond donors (Lipinski definition) is 11. The number of phenols is 1. The molecule has 40 nitrogen and oxygen atoms in total. The lowest BCUT2D eigenvalue weighted by molar-refractivity contribution is -0.116. The van der Waals surface area contributed by atoms with Crippen LogP contribution in [0.1, 0.15) is 77.3 Å². The topological polar surface area (TPSA) is 553 Å². The molecule has 1 aliphatic carbocycles. The lowest BCUT2D eigenvalue weighted by Gasteiger charge is -2.22. The number of rotatable bonds is 51. The number of phenolic OH excluding ortho intramolecular Hbond substituents is 1. The predicted octanol–water partition coefficient (Wildman–Crippen LogP) is 2.59. The average molecular weight is 1600 g/mol. The Morgan fingerprint density at radius 2 is 1.19 bits per heavy atom. The number of carbonyl (C=O) groups is 3. The van der Waals surface area contributed by atoms with Crippen molar-refractivity contribution in [3.8, 4) is 28.2 Å². The molecule has 2 amide bonds. The molecular weight excluding hydrogens is 1510 g/mol. The summed E-state index contributed by atoms with van der Waals surface area (Å²) in [6.45, 7) is -1.03. The summed E-state index contributed by atoms with van der Waals surface area (Å²) in [4.78, 5) is 127. The zero-order valence-electron chi connectivity index (χ0n) is 58.9. The number of benzene rings is 3. The van der Waals surface area contributed by atoms with Crippen LogP contribution in [0.15, 0.2) is 103 Å². The van der Waals surface area contributed by atoms with Crippen molar-refractivity contribution in [2.24, 2.45) is 0 Å². The summed E-state index contributed by atoms with van der Waals surface area (Å²) in [5.41, 5.74) is 3.45. The fourth-order valence-corrected chi connectivity index (χ4v) is 13.2. The number of fused-ring (bicyclic) bond motifs is 2. The van der Waals surface area contributed by atoms with E-state index < -0.39 is 135 Å². The van der Waals surface area contributed by atoms with Gasteiger partial charge in [-0.2, -0.15) is 4.98 Å². The second kappa shape index (κ2) is 43.8. The summed E-state index contributed by atoms with van der Waals surface area (Å²) in [6.07, 6.45) is -1.32. The number of aliphatic hydroxyl groups is 2. The number of carboxylic acids is 1. The number of amides is 2. The molecule has 4 aromatic rings. The lowest BCUT2D eigenvalue weighted by Crippen LogP contribution is -2.33. The first-order chi connectivity index (χ1) is 52.3. The second-order valence-corrected chi connectivity index (χ2v) is 28.2. The zero-order chi connectivity index (χ0) is 78.4. The van der Waals surface area contributed by atoms with Gasteiger partial charge in [-0.25, -0.2) is 28.1 Å². The van der Waals surface area contributed by atoms with Gasteiger partial charge in [-0.3, -0.25) is 60.4 Å². The molecule has 2 aromatic heterocycles. The zero-order valence-corrected chi connectivity index (χ0v) is 61.5. The number of aromatic carboxylic acids is 1. The lowest BCUT2D eigenvalue weighted by atomic mass is 9.89. The molecule has 0 radical (unpaired) electrons. The third-order valence-electron chi connectivity index (χ3n) is 16.0. The van der Waals surface area contributed by atoms with E-state index in [1.54, 1.807) is 6.07 Å². The number of ether oxygens (including phenoxy) is 9. The highest BCUT2D eigenvalue weighted by molar-refractivity contribution is 7.48. The number of hydrogen-bond acceptors (Lipinski definition) is 31. The highest BCUT2D eigenvalue weighted by Crippen LogP contribution is 2.50. The normalized spacial score (nSPS) is 19.0. The molecule has 4 aliphatic rings. The van der Waals surface area contributed by atoms with Crippen LogP contribution in [-0.2, 0) is 88.3 Å². The number of H-pyrrole nitrogens is 1. The number of phosphoric ester groups is 3. The van der Waals surface area contributed by atoms with Crippen LogP contribution in [0.25, 0.3) is 39.5 Å². The van der Waals surface area contributed by atoms with Crippen molar-refractivity contribution in [3.63, 3.8) is 0 Å². The first-order valence-corrected chi connectivity index (χ1v) is 38.8. The van der Waals surface area contributed by atoms with Gasteiger partial charge in [0.25, 0.3) is 11.5 Å². The van der Waals surface area contributed by atoms with E-state index in [0.717, 1.165) is 27.5 Å². The van der Waals surface area contributed by atoms with Crippen LogP contribution in [0.4, 0.5) is 5.82 Å². The van der Waals surface area contributed by atoms with Gasteiger partial charge >= 0.3 is 40.8 Å². The number of aromatic amines is 1. The Labute approximate surface area is 620 Å². The molecule has 5 heterocycles. The number of aromatic nitrogens is 4. The van der Waals surface area contributed by atoms with Crippen molar-refractivity contribution in [3.05, 3.63) is 137 Å². The number of aromatic hydroxyl groups is 1. The molecule has 3 aliphatic heterocycles. The molecule has 8 rings (SSSR count). The predicted molar refractivity (Wildman–Crippen MR) is 380 cm³/mol. The van der Waals surface area contributed by atoms with Gasteiger partial charge in [0.1, 0.15) is 53.7 Å². The molecule has 0 spiro atoms. The molecule has 2 aromatic carbocycles. The van der Waals surface area contributed by atoms with E-state index in [1.165, 1.54) is 60.8 Å². The summed E-state index contributed by atoms with van der Waals surface area (Å²) < 4.78 is 126. The van der Waals surface area contributed by atoms with E-state index in [2.05, 4.69) is 20.6 Å². The van der Waals surface area contributed by atoms with Crippen LogP contribution in [0.2, 0.25) is 0 Å². The van der Waals surface area contributed by atoms with Crippen LogP contribution in [-0.4, -0.2) is 242 Å². The Morgan fingerprint density at radius 1 is 0.633 bits per heavy atom. The number of unbranched alkanes of at least 4 members (excludes halogenated alkanes) is 3. The molecule has 12 N–H and O–H groups in total. The molecule has 2 saturated heterocycles. The van der Waals surface area contributed by atoms with E-state index in [0.29, 0.717) is 68.6 Å². The second-order valence-electron chi connectivity index (χ2n) is 23.9. The van der Waals surface area contributed by atoms with Crippen molar-refractivity contribution in [1.29, 1.82) is 0 Å². The van der Waals surface area contributed by atoms with Crippen molar-refractivity contribution < 1.29 is 137 Å². The van der Waals surface area contributed by atoms with Gasteiger partial charge in [-0.1, -0.05) is 12.8 Å². The minimum Gasteiger partial charge on any atom is -0.508 e. The Bertz CT molecular complexity index is 4350. The fraction of sp³-hybridized carbons (Fsp3) is 0.515. The summed E-state index contributed by atoms with van der Waals surface area (Å²) in [6, 6.07) is 13.8. The standard InChI is InChI=1S/C66H88N7O33P3/c67-57-13-16-72(65(83)70-57)59-38-51(77)55(104-59)41-101-107(85,86)98-32-29-96-27-28-97-31-34-100-109(89,90)106-54-39-60(105-56(54)42-102-108(87,88)99-33-30-95-26-25-94-24-23-93-22-21-92-20-19-91-18-17-74)73-40-44(63(80)71-66(73)84)6-12-58(78)68-14-3-1-2-4-15-69-62(79)43-5-9-47(64(81)82)50(35-43)61-48-10-7-45(75)36-52(48)103-53-37-46(76)8-11-49(53)61/h5-13,16,35-37,40,51,54-56,59-60,74-75,77H,1-4,14-15,17-34,38-39,41-42H2,(H,68,78)(H,69,79)(H,81,82)(H,85,86)(H,87,88)(H,89,90)(H2,67,70,83)(H,71,80,84)/t51-,54-,55-,56-,59-,60-/m1/s1. The summed E-state index contributed by atoms with van der Waals surface area (Å²) in [5.74, 6) is -2.36. The SMILES string of the molecule is Nc1ccn([C@H]2C[C@@H](O)[C@@H](COP(=O)(O)OCCOCCOCCOP(=O)(O)O[C@@H]3C[C@H](n4cc(C=CC(=O)NCCCCCCNC(=O)c5ccc(C(=O)O)c(-c6c7ccc(=O)cc-7oc7cc(O)ccc67)c5)c(=O)[nH]c4=O)O[C@@H]3COP(=O)(O)OCCOCCOCCOCCOCCOCCO)O2)c(=O)n1. The van der Waals surface area contributed by atoms with E-state index >= 15 is 0 Å². The molecular formula is C66H88N7O33P3. The largest absolute Gasteiger partial charge is 0.508 e. The number of nitrogens with two attached hydrogens (primary N) is 1. The molecule has 3 unspecified atom stereocenters. The molecule has 600 valence electrons. The number of aliphatic hydroxyl groups excluding tert-OH is 2. The number of carbonyl (C=O) groups excluding carboxylic acids is 2. The number of phosphoric acid groups is 3. The molecule has 0 bridgehead atoms. The first-order valence-electron chi connectivity index (χ1n) is 34.3. The average Bonchev–Trinajstić information content (AvgIpc) is 1.07. The van der Waals surface area contributed by atoms with E-state index in [-0.39, 0.29) is 143 Å². The van der Waals surface area contributed by atoms with E-state index in [1.807, 2.05) is 0 Å². The first kappa shape index (κ1) is 86.9. The Morgan fingerprint density at radius 3 is 1.79 bits per heavy atom. The quantitative estimate of drug-likeness (QED) is 0.0113. The number of nitrogen functional groups attached to an aromatic ring is 1. The van der Waals surface area contributed by atoms with Gasteiger partial charge in [-0.15, -0.1) is 0 Å². The smallest absolute Gasteiger partial charge is 0.472 e. The van der Waals surface area contributed by atoms with E-state index in [4.69, 9.17) is 85.0 Å². The van der Waals surface area contributed by atoms with Crippen molar-refractivity contribution >= 4 is 64.1 Å². The van der Waals surface area contributed by atoms with Gasteiger partial charge in [0.05, 0.1) is 149 Å². The maximum Gasteiger partial charge on any atom is 0.472 e. The highest BCUT2D eigenvalue weighted by atomic mass is 31.2. The Kier molecular flexibility index (Phi) is 34.9. The minimum atomic E-state index is -5.07. The maximum absolute atomic E-state index is 13.5. The molecule has 9 atom stereocenters. The molecule has 2 fully saturated rings. The van der Waals surface area contributed by atoms with Gasteiger partial charge < -0.3 is 98.5 Å². The number of nitrogens with zero attached hydrogens (tertiary/aromatic N) is 3. The van der Waals surface area contributed by atoms with Crippen molar-refractivity contribution in [1.82, 2.24) is 29.7 Å². The Hall–Kier alpha value is -7.67. The van der Waals surface area contributed by atoms with Gasteiger partial charge in [0.15, 0.2) is 5.43 Å². The fourth-order valence-electron chi connectivity index (χ4n) is 10.8. The summed E-state index contributed by atoms with van der Waals surface area (Å²) in [5, 5.41) is 45.5. The van der Waals surface area contributed by atoms with Crippen LogP contribution in [0.3, 0.4) is 0 Å². The van der Waals surface area contributed by atoms with Gasteiger partial charge in [0, 0.05) is 78.6 Å². The van der Waals surface area contributed by atoms with Gasteiger partial charge in [0.2, 0.25) is 5.91 Å². The molecule has 0 saturated carbocycles. The minimum absolute atomic E-state index is 0.0153. The monoisotopic (exact) mass is 1600 g/mol. The van der Waals surface area contributed by atoms with Crippen LogP contribution in [0.5, 0.6) is 5.75 Å². The summed E-state index contributed by atoms with van der Waals surface area (Å²) >= 11 is 0. The Balaban J connectivity index is 0.766. The van der Waals surface area contributed by atoms with E-state index in [9.17, 15) is 77.3 Å². The van der Waals surface area contributed by atoms with Crippen molar-refractivity contribution in [2.75, 3.05) is 151 Å². The maximum atomic E-state index is 13.5. The van der Waals surface area contributed by atoms with Crippen LogP contribution in [0, 0.1) is 0 Å². The number of anilines is 1. The number of carboxylic acid groups (broad SMARTS) is 1. The third-order valence-corrected chi connectivity index (χ3v) is 19.0. The highest BCUT2D eigenvalue weighted by Gasteiger charge is 2.44. The third kappa shape index (κ3) is 28.6. The van der Waals surface area contributed by atoms with Gasteiger partial charge in [-0.05, 0) is 73.0 Å². The van der Waals surface area contributed by atoms with Crippen molar-refractivity contribution in [2.45, 2.75) is 75.4 Å². The summed E-state index contributed by atoms with van der Waals surface area (Å²) in [7, 11) is -14.6. The van der Waals surface area contributed by atoms with Crippen LogP contribution >= 0.6 is 23.5 Å². The molecule has 109 heavy (non-hydrogen) atoms.